The minimum Gasteiger partial charge on any atom is -0.316 e. The summed E-state index contributed by atoms with van der Waals surface area (Å²) in [4.78, 5) is 4.16. The second kappa shape index (κ2) is 3.72. The van der Waals surface area contributed by atoms with Crippen LogP contribution in [0.1, 0.15) is 20.8 Å². The molecule has 1 unspecified atom stereocenters. The highest BCUT2D eigenvalue weighted by molar-refractivity contribution is 14.1. The molecule has 1 radical (unpaired) electrons. The molecule has 0 fully saturated rings. The molecule has 0 saturated heterocycles. The van der Waals surface area contributed by atoms with E-state index in [-0.39, 0.29) is 0 Å². The van der Waals surface area contributed by atoms with Crippen molar-refractivity contribution in [3.63, 3.8) is 0 Å². The van der Waals surface area contributed by atoms with Crippen LogP contribution in [0.15, 0.2) is 18.0 Å². The average molecular weight is 299 g/mol. The van der Waals surface area contributed by atoms with E-state index in [4.69, 9.17) is 0 Å². The molecular weight excluding hydrogens is 286 g/mol. The van der Waals surface area contributed by atoms with Crippen molar-refractivity contribution in [1.82, 2.24) is 9.55 Å². The zero-order valence-corrected chi connectivity index (χ0v) is 10.8. The van der Waals surface area contributed by atoms with Gasteiger partial charge in [-0.05, 0) is 12.8 Å². The van der Waals surface area contributed by atoms with Crippen LogP contribution in [0.4, 0.5) is 0 Å². The first kappa shape index (κ1) is 10.3. The smallest absolute Gasteiger partial charge is 0.214 e. The highest BCUT2D eigenvalue weighted by Gasteiger charge is 2.26. The average Bonchev–Trinajstić information content (AvgIpc) is 2.58. The largest absolute Gasteiger partial charge is 0.316 e. The lowest BCUT2D eigenvalue weighted by molar-refractivity contribution is 0.806. The van der Waals surface area contributed by atoms with Gasteiger partial charge < -0.3 is 4.57 Å². The van der Waals surface area contributed by atoms with Crippen molar-refractivity contribution in [1.29, 1.82) is 0 Å². The molecule has 0 saturated carbocycles. The molecule has 1 aliphatic rings. The first-order valence-corrected chi connectivity index (χ1v) is 6.11. The molecule has 2 nitrogen and oxygen atoms in total. The summed E-state index contributed by atoms with van der Waals surface area (Å²) in [7, 11) is 2.25. The van der Waals surface area contributed by atoms with Crippen LogP contribution in [0.25, 0.3) is 5.70 Å². The lowest BCUT2D eigenvalue weighted by Crippen LogP contribution is -2.17. The molecule has 0 N–H and O–H groups in total. The maximum atomic E-state index is 4.16. The van der Waals surface area contributed by atoms with Gasteiger partial charge in [-0.1, -0.05) is 41.9 Å². The van der Waals surface area contributed by atoms with Crippen molar-refractivity contribution < 1.29 is 0 Å². The first-order valence-electron chi connectivity index (χ1n) is 4.87. The fraction of sp³-hybridized carbons (Fsp3) is 0.500. The van der Waals surface area contributed by atoms with Crippen LogP contribution < -0.4 is 5.59 Å². The first-order chi connectivity index (χ1) is 6.61. The number of nitrogens with zero attached hydrogens (tertiary/aromatic N) is 2. The predicted molar refractivity (Wildman–Crippen MR) is 69.2 cm³/mol. The van der Waals surface area contributed by atoms with Gasteiger partial charge >= 0.3 is 0 Å². The van der Waals surface area contributed by atoms with Gasteiger partial charge in [0.05, 0.1) is 6.33 Å². The maximum Gasteiger partial charge on any atom is 0.214 e. The number of allylic oxidation sites excluding steroid dienone is 2. The van der Waals surface area contributed by atoms with E-state index >= 15 is 0 Å². The maximum absolute atomic E-state index is 4.16. The normalized spacial score (nSPS) is 17.2. The third-order valence-electron chi connectivity index (χ3n) is 2.52. The van der Waals surface area contributed by atoms with Crippen LogP contribution in [0, 0.1) is 5.92 Å². The highest BCUT2D eigenvalue weighted by Crippen LogP contribution is 2.28. The number of imidazole rings is 1. The fourth-order valence-electron chi connectivity index (χ4n) is 1.87. The van der Waals surface area contributed by atoms with Gasteiger partial charge in [0.1, 0.15) is 0 Å². The molecule has 2 heterocycles. The molecule has 0 spiro atoms. The summed E-state index contributed by atoms with van der Waals surface area (Å²) in [5.74, 6) is 0.585. The van der Waals surface area contributed by atoms with Crippen LogP contribution in [0.3, 0.4) is 0 Å². The van der Waals surface area contributed by atoms with Crippen LogP contribution in [-0.2, 0) is 0 Å². The molecule has 0 aromatic carbocycles. The lowest BCUT2D eigenvalue weighted by atomic mass is 9.64. The SMILES string of the molecule is CC(C)C1=C(C(C)I)n2cncc2[B]1. The Labute approximate surface area is 99.2 Å². The summed E-state index contributed by atoms with van der Waals surface area (Å²) >= 11 is 2.46. The van der Waals surface area contributed by atoms with Gasteiger partial charge in [0, 0.05) is 21.4 Å². The number of aromatic nitrogens is 2. The second-order valence-electron chi connectivity index (χ2n) is 3.94. The number of hydrogen-bond donors (Lipinski definition) is 0. The number of halogens is 1. The minimum absolute atomic E-state index is 0.525. The summed E-state index contributed by atoms with van der Waals surface area (Å²) in [6, 6.07) is 0. The van der Waals surface area contributed by atoms with E-state index in [0.29, 0.717) is 9.84 Å². The van der Waals surface area contributed by atoms with Gasteiger partial charge in [-0.2, -0.15) is 0 Å². The Morgan fingerprint density at radius 2 is 2.14 bits per heavy atom. The zero-order chi connectivity index (χ0) is 10.3. The van der Waals surface area contributed by atoms with Gasteiger partial charge in [0.25, 0.3) is 0 Å². The van der Waals surface area contributed by atoms with E-state index in [1.54, 1.807) is 0 Å². The summed E-state index contributed by atoms with van der Waals surface area (Å²) in [5, 5.41) is 0. The Morgan fingerprint density at radius 1 is 1.43 bits per heavy atom. The van der Waals surface area contributed by atoms with Crippen molar-refractivity contribution in [2.24, 2.45) is 5.92 Å². The molecule has 4 heteroatoms. The van der Waals surface area contributed by atoms with Crippen molar-refractivity contribution in [3.8, 4) is 0 Å². The predicted octanol–water partition coefficient (Wildman–Crippen LogP) is 1.87. The summed E-state index contributed by atoms with van der Waals surface area (Å²) in [6.07, 6.45) is 3.83. The van der Waals surface area contributed by atoms with Crippen LogP contribution in [0.5, 0.6) is 0 Å². The number of alkyl halides is 1. The topological polar surface area (TPSA) is 17.8 Å². The van der Waals surface area contributed by atoms with Gasteiger partial charge in [-0.15, -0.1) is 0 Å². The molecule has 14 heavy (non-hydrogen) atoms. The lowest BCUT2D eigenvalue weighted by Gasteiger charge is -2.14. The monoisotopic (exact) mass is 299 g/mol. The zero-order valence-electron chi connectivity index (χ0n) is 8.66. The molecule has 0 amide bonds. The van der Waals surface area contributed by atoms with Crippen molar-refractivity contribution in [2.45, 2.75) is 24.7 Å². The number of rotatable bonds is 2. The van der Waals surface area contributed by atoms with Gasteiger partial charge in [0.15, 0.2) is 0 Å². The van der Waals surface area contributed by atoms with E-state index in [1.165, 1.54) is 16.8 Å². The minimum atomic E-state index is 0.525. The van der Waals surface area contributed by atoms with E-state index in [1.807, 2.05) is 12.5 Å². The van der Waals surface area contributed by atoms with E-state index in [9.17, 15) is 0 Å². The Bertz CT molecular complexity index is 379. The molecule has 1 atom stereocenters. The quantitative estimate of drug-likeness (QED) is 0.463. The molecule has 0 bridgehead atoms. The Balaban J connectivity index is 2.49. The standard InChI is InChI=1S/C10H13BIN2/c1-6(2)9-10(7(3)12)14-5-13-4-8(14)11-9/h4-7H,1-3H3. The molecule has 2 rings (SSSR count). The van der Waals surface area contributed by atoms with Crippen molar-refractivity contribution >= 4 is 41.2 Å². The van der Waals surface area contributed by atoms with Gasteiger partial charge in [-0.3, -0.25) is 0 Å². The number of fused-ring (bicyclic) bond motifs is 1. The van der Waals surface area contributed by atoms with E-state index in [0.717, 1.165) is 0 Å². The Hall–Kier alpha value is -0.255. The summed E-state index contributed by atoms with van der Waals surface area (Å²) in [5.41, 5.74) is 4.06. The third-order valence-corrected chi connectivity index (χ3v) is 3.11. The Kier molecular flexibility index (Phi) is 2.73. The highest BCUT2D eigenvalue weighted by atomic mass is 127. The van der Waals surface area contributed by atoms with Crippen molar-refractivity contribution in [2.75, 3.05) is 0 Å². The summed E-state index contributed by atoms with van der Waals surface area (Å²) in [6.45, 7) is 6.71. The van der Waals surface area contributed by atoms with E-state index in [2.05, 4.69) is 60.2 Å². The molecule has 0 aliphatic carbocycles. The van der Waals surface area contributed by atoms with Crippen LogP contribution in [-0.4, -0.2) is 20.8 Å². The summed E-state index contributed by atoms with van der Waals surface area (Å²) < 4.78 is 2.73. The molecular formula is C10H13BIN2. The Morgan fingerprint density at radius 3 is 2.71 bits per heavy atom. The third kappa shape index (κ3) is 1.53. The van der Waals surface area contributed by atoms with Gasteiger partial charge in [-0.25, -0.2) is 4.98 Å². The van der Waals surface area contributed by atoms with Gasteiger partial charge in [0.2, 0.25) is 7.28 Å². The fourth-order valence-corrected chi connectivity index (χ4v) is 2.53. The molecule has 73 valence electrons. The van der Waals surface area contributed by atoms with Crippen molar-refractivity contribution in [3.05, 3.63) is 18.0 Å². The van der Waals surface area contributed by atoms with Crippen LogP contribution >= 0.6 is 22.6 Å². The van der Waals surface area contributed by atoms with Crippen LogP contribution in [0.2, 0.25) is 0 Å². The van der Waals surface area contributed by atoms with E-state index < -0.39 is 0 Å². The second-order valence-corrected chi connectivity index (χ2v) is 5.81. The molecule has 1 aliphatic heterocycles. The molecule has 1 aromatic heterocycles. The molecule has 1 aromatic rings. The number of hydrogen-bond acceptors (Lipinski definition) is 1.